The lowest BCUT2D eigenvalue weighted by Gasteiger charge is -2.42. The third-order valence-corrected chi connectivity index (χ3v) is 8.55. The molecular weight excluding hydrogens is 558 g/mol. The Labute approximate surface area is 256 Å². The second-order valence-electron chi connectivity index (χ2n) is 12.4. The molecule has 12 nitrogen and oxygen atoms in total. The van der Waals surface area contributed by atoms with Gasteiger partial charge in [-0.05, 0) is 46.0 Å². The van der Waals surface area contributed by atoms with Crippen LogP contribution in [0.3, 0.4) is 0 Å². The van der Waals surface area contributed by atoms with Crippen molar-refractivity contribution in [2.75, 3.05) is 59.8 Å². The van der Waals surface area contributed by atoms with E-state index in [4.69, 9.17) is 28.4 Å². The van der Waals surface area contributed by atoms with E-state index in [2.05, 4.69) is 42.8 Å². The summed E-state index contributed by atoms with van der Waals surface area (Å²) in [6.45, 7) is 13.4. The highest BCUT2D eigenvalue weighted by Crippen LogP contribution is 2.59. The Balaban J connectivity index is 1.24. The SMILES string of the molecule is COC1C(OC(=O)NCCOCCOCCNC(=O)CCN[C@H](C=O)C(C)C)CC[C@]2(CO2)C1[C@@]1(C)O[C@@H]1CC=C(C)C. The maximum atomic E-state index is 12.6. The molecular formula is C31H53N3O9. The van der Waals surface area contributed by atoms with Crippen LogP contribution in [0.15, 0.2) is 11.6 Å². The summed E-state index contributed by atoms with van der Waals surface area (Å²) in [7, 11) is 1.66. The van der Waals surface area contributed by atoms with E-state index >= 15 is 0 Å². The van der Waals surface area contributed by atoms with E-state index < -0.39 is 12.2 Å². The van der Waals surface area contributed by atoms with Gasteiger partial charge in [-0.1, -0.05) is 25.5 Å². The maximum absolute atomic E-state index is 12.6. The van der Waals surface area contributed by atoms with Crippen molar-refractivity contribution in [2.24, 2.45) is 11.8 Å². The molecule has 3 unspecified atom stereocenters. The van der Waals surface area contributed by atoms with E-state index in [1.54, 1.807) is 7.11 Å². The summed E-state index contributed by atoms with van der Waals surface area (Å²) in [5.74, 6) is 0.0627. The third kappa shape index (κ3) is 10.5. The zero-order valence-electron chi connectivity index (χ0n) is 26.8. The van der Waals surface area contributed by atoms with E-state index in [9.17, 15) is 14.4 Å². The normalized spacial score (nSPS) is 30.0. The molecule has 1 saturated carbocycles. The van der Waals surface area contributed by atoms with Crippen LogP contribution in [-0.4, -0.2) is 114 Å². The van der Waals surface area contributed by atoms with Crippen LogP contribution in [-0.2, 0) is 38.0 Å². The van der Waals surface area contributed by atoms with Gasteiger partial charge >= 0.3 is 6.09 Å². The van der Waals surface area contributed by atoms with Crippen molar-refractivity contribution >= 4 is 18.3 Å². The molecule has 7 atom stereocenters. The van der Waals surface area contributed by atoms with E-state index in [1.165, 1.54) is 5.57 Å². The van der Waals surface area contributed by atoms with Crippen molar-refractivity contribution < 1.29 is 42.8 Å². The fourth-order valence-corrected chi connectivity index (χ4v) is 5.94. The second-order valence-corrected chi connectivity index (χ2v) is 12.4. The summed E-state index contributed by atoms with van der Waals surface area (Å²) in [6.07, 6.45) is 4.55. The first-order chi connectivity index (χ1) is 20.6. The van der Waals surface area contributed by atoms with Gasteiger partial charge in [0.25, 0.3) is 0 Å². The number of methoxy groups -OCH3 is 1. The first-order valence-electron chi connectivity index (χ1n) is 15.6. The highest BCUT2D eigenvalue weighted by Gasteiger charge is 2.72. The number of carbonyl (C=O) groups excluding carboxylic acids is 3. The lowest BCUT2D eigenvalue weighted by atomic mass is 9.68. The molecule has 3 aliphatic rings. The summed E-state index contributed by atoms with van der Waals surface area (Å²) in [6, 6.07) is -0.243. The highest BCUT2D eigenvalue weighted by molar-refractivity contribution is 5.76. The number of rotatable bonds is 20. The fraction of sp³-hybridized carbons (Fsp3) is 0.839. The molecule has 3 rings (SSSR count). The number of epoxide rings is 2. The third-order valence-electron chi connectivity index (χ3n) is 8.55. The molecule has 0 aromatic heterocycles. The Bertz CT molecular complexity index is 937. The van der Waals surface area contributed by atoms with Gasteiger partial charge in [0.05, 0.1) is 51.1 Å². The van der Waals surface area contributed by atoms with Crippen LogP contribution >= 0.6 is 0 Å². The Morgan fingerprint density at radius 1 is 1.05 bits per heavy atom. The lowest BCUT2D eigenvalue weighted by Crippen LogP contribution is -2.56. The van der Waals surface area contributed by atoms with Crippen molar-refractivity contribution in [3.63, 3.8) is 0 Å². The van der Waals surface area contributed by atoms with Crippen LogP contribution in [0.4, 0.5) is 4.79 Å². The summed E-state index contributed by atoms with van der Waals surface area (Å²) in [5, 5.41) is 8.60. The summed E-state index contributed by atoms with van der Waals surface area (Å²) in [4.78, 5) is 35.4. The second kappa shape index (κ2) is 16.8. The minimum Gasteiger partial charge on any atom is -0.443 e. The number of hydrogen-bond donors (Lipinski definition) is 3. The van der Waals surface area contributed by atoms with Gasteiger partial charge in [0, 0.05) is 33.2 Å². The first-order valence-corrected chi connectivity index (χ1v) is 15.6. The standard InChI is InChI=1S/C31H53N3O9/c1-21(2)7-8-25-30(5,43-25)28-27(38-6)24(9-11-31(28)20-41-31)42-29(37)34-14-16-40-18-17-39-15-13-33-26(36)10-12-32-23(19-35)22(3)4/h7,19,22-25,27-28,32H,8-18,20H2,1-6H3,(H,33,36)(H,34,37)/t23-,24?,25-,27?,28?,30+,31+/m1/s1. The summed E-state index contributed by atoms with van der Waals surface area (Å²) < 4.78 is 34.9. The maximum Gasteiger partial charge on any atom is 0.407 e. The van der Waals surface area contributed by atoms with Gasteiger partial charge in [0.1, 0.15) is 29.7 Å². The average Bonchev–Trinajstić information content (AvgIpc) is 3.88. The van der Waals surface area contributed by atoms with Crippen LogP contribution < -0.4 is 16.0 Å². The molecule has 2 heterocycles. The van der Waals surface area contributed by atoms with Crippen molar-refractivity contribution in [1.82, 2.24) is 16.0 Å². The first kappa shape index (κ1) is 35.4. The largest absolute Gasteiger partial charge is 0.443 e. The number of hydrogen-bond acceptors (Lipinski definition) is 10. The number of carbonyl (C=O) groups is 3. The number of allylic oxidation sites excluding steroid dienone is 1. The molecule has 0 radical (unpaired) electrons. The molecule has 43 heavy (non-hydrogen) atoms. The molecule has 0 aromatic rings. The van der Waals surface area contributed by atoms with Gasteiger partial charge in [0.2, 0.25) is 5.91 Å². The molecule has 12 heteroatoms. The van der Waals surface area contributed by atoms with Crippen molar-refractivity contribution in [3.05, 3.63) is 11.6 Å². The van der Waals surface area contributed by atoms with Crippen LogP contribution in [0.5, 0.6) is 0 Å². The van der Waals surface area contributed by atoms with Crippen molar-refractivity contribution in [2.45, 2.75) is 95.9 Å². The molecule has 2 aliphatic heterocycles. The molecule has 0 aromatic carbocycles. The average molecular weight is 612 g/mol. The lowest BCUT2D eigenvalue weighted by molar-refractivity contribution is -0.121. The van der Waals surface area contributed by atoms with E-state index in [0.29, 0.717) is 65.5 Å². The molecule has 3 fully saturated rings. The highest BCUT2D eigenvalue weighted by atomic mass is 16.6. The van der Waals surface area contributed by atoms with E-state index in [0.717, 1.165) is 19.1 Å². The topological polar surface area (TPSA) is 149 Å². The fourth-order valence-electron chi connectivity index (χ4n) is 5.94. The van der Waals surface area contributed by atoms with Crippen molar-refractivity contribution in [3.8, 4) is 0 Å². The molecule has 1 aliphatic carbocycles. The summed E-state index contributed by atoms with van der Waals surface area (Å²) >= 11 is 0. The van der Waals surface area contributed by atoms with Gasteiger partial charge in [-0.15, -0.1) is 0 Å². The molecule has 2 saturated heterocycles. The number of alkyl carbamates (subject to hydrolysis) is 1. The van der Waals surface area contributed by atoms with E-state index in [1.807, 2.05) is 13.8 Å². The Morgan fingerprint density at radius 3 is 2.30 bits per heavy atom. The molecule has 1 spiro atoms. The zero-order valence-corrected chi connectivity index (χ0v) is 26.8. The van der Waals surface area contributed by atoms with Crippen molar-refractivity contribution in [1.29, 1.82) is 0 Å². The number of aldehydes is 1. The minimum atomic E-state index is -0.502. The predicted molar refractivity (Wildman–Crippen MR) is 160 cm³/mol. The molecule has 2 amide bonds. The van der Waals surface area contributed by atoms with Gasteiger partial charge in [0.15, 0.2) is 0 Å². The van der Waals surface area contributed by atoms with Gasteiger partial charge in [-0.2, -0.15) is 0 Å². The number of ether oxygens (including phenoxy) is 6. The number of amides is 2. The minimum absolute atomic E-state index is 0.0216. The van der Waals surface area contributed by atoms with Gasteiger partial charge in [-0.3, -0.25) is 4.79 Å². The van der Waals surface area contributed by atoms with Crippen LogP contribution in [0.25, 0.3) is 0 Å². The summed E-state index contributed by atoms with van der Waals surface area (Å²) in [5.41, 5.74) is 0.616. The van der Waals surface area contributed by atoms with Crippen LogP contribution in [0.1, 0.15) is 60.3 Å². The molecule has 246 valence electrons. The molecule has 3 N–H and O–H groups in total. The van der Waals surface area contributed by atoms with Crippen LogP contribution in [0.2, 0.25) is 0 Å². The smallest absolute Gasteiger partial charge is 0.407 e. The van der Waals surface area contributed by atoms with Gasteiger partial charge in [-0.25, -0.2) is 4.79 Å². The monoisotopic (exact) mass is 611 g/mol. The quantitative estimate of drug-likeness (QED) is 0.0809. The zero-order chi connectivity index (χ0) is 31.5. The van der Waals surface area contributed by atoms with Crippen LogP contribution in [0, 0.1) is 11.8 Å². The molecule has 0 bridgehead atoms. The number of nitrogens with one attached hydrogen (secondary N) is 3. The van der Waals surface area contributed by atoms with Gasteiger partial charge < -0.3 is 49.2 Å². The Hall–Kier alpha value is -2.09. The Morgan fingerprint density at radius 2 is 1.72 bits per heavy atom. The van der Waals surface area contributed by atoms with E-state index in [-0.39, 0.29) is 47.2 Å². The Kier molecular flexibility index (Phi) is 13.9. The predicted octanol–water partition coefficient (Wildman–Crippen LogP) is 2.14.